The summed E-state index contributed by atoms with van der Waals surface area (Å²) in [4.78, 5) is 27.5. The number of carbonyl (C=O) groups excluding carboxylic acids is 1. The van der Waals surface area contributed by atoms with E-state index in [1.807, 2.05) is 0 Å². The summed E-state index contributed by atoms with van der Waals surface area (Å²) in [5.41, 5.74) is 4.68. The first-order valence-corrected chi connectivity index (χ1v) is 4.66. The minimum absolute atomic E-state index is 0.150. The van der Waals surface area contributed by atoms with E-state index in [1.54, 1.807) is 0 Å². The Bertz CT molecular complexity index is 393. The summed E-state index contributed by atoms with van der Waals surface area (Å²) in [6.45, 7) is 0.469. The molecule has 9 heteroatoms. The monoisotopic (exact) mass is 241 g/mol. The van der Waals surface area contributed by atoms with Crippen molar-refractivity contribution in [1.29, 1.82) is 0 Å². The Morgan fingerprint density at radius 1 is 1.53 bits per heavy atom. The van der Waals surface area contributed by atoms with Crippen LogP contribution in [0.3, 0.4) is 0 Å². The second-order valence-electron chi connectivity index (χ2n) is 2.97. The Balaban J connectivity index is 2.27. The van der Waals surface area contributed by atoms with Gasteiger partial charge in [-0.2, -0.15) is 0 Å². The Hall–Kier alpha value is -2.29. The Morgan fingerprint density at radius 3 is 2.71 bits per heavy atom. The number of nitrogens with zero attached hydrogens (tertiary/aromatic N) is 3. The number of carbonyl (C=O) groups is 1. The zero-order valence-corrected chi connectivity index (χ0v) is 8.83. The van der Waals surface area contributed by atoms with Gasteiger partial charge in [-0.25, -0.2) is 9.97 Å². The SMILES string of the molecule is NC(=O)COCCNc1ncc([N+](=O)[O-])cn1. The lowest BCUT2D eigenvalue weighted by Crippen LogP contribution is -2.20. The zero-order valence-electron chi connectivity index (χ0n) is 8.83. The molecule has 1 aromatic rings. The van der Waals surface area contributed by atoms with Crippen molar-refractivity contribution in [3.63, 3.8) is 0 Å². The highest BCUT2D eigenvalue weighted by Crippen LogP contribution is 2.07. The van der Waals surface area contributed by atoms with Crippen LogP contribution in [-0.4, -0.2) is 40.6 Å². The van der Waals surface area contributed by atoms with Gasteiger partial charge in [-0.05, 0) is 0 Å². The summed E-state index contributed by atoms with van der Waals surface area (Å²) in [5.74, 6) is -0.296. The fraction of sp³-hybridized carbons (Fsp3) is 0.375. The van der Waals surface area contributed by atoms with Crippen LogP contribution in [0.15, 0.2) is 12.4 Å². The molecule has 3 N–H and O–H groups in total. The summed E-state index contributed by atoms with van der Waals surface area (Å²) in [6, 6.07) is 0. The quantitative estimate of drug-likeness (QED) is 0.366. The van der Waals surface area contributed by atoms with Crippen molar-refractivity contribution >= 4 is 17.5 Å². The highest BCUT2D eigenvalue weighted by Gasteiger charge is 2.05. The molecule has 92 valence electrons. The lowest BCUT2D eigenvalue weighted by molar-refractivity contribution is -0.385. The molecule has 1 heterocycles. The lowest BCUT2D eigenvalue weighted by atomic mass is 10.5. The van der Waals surface area contributed by atoms with Gasteiger partial charge >= 0.3 is 5.69 Å². The Labute approximate surface area is 96.1 Å². The highest BCUT2D eigenvalue weighted by molar-refractivity contribution is 5.74. The molecule has 9 nitrogen and oxygen atoms in total. The van der Waals surface area contributed by atoms with Gasteiger partial charge in [-0.1, -0.05) is 0 Å². The van der Waals surface area contributed by atoms with E-state index in [1.165, 1.54) is 0 Å². The Kier molecular flexibility index (Phi) is 4.76. The maximum Gasteiger partial charge on any atom is 0.305 e. The molecule has 0 unspecified atom stereocenters. The largest absolute Gasteiger partial charge is 0.370 e. The molecule has 0 radical (unpaired) electrons. The number of ether oxygens (including phenoxy) is 1. The van der Waals surface area contributed by atoms with Crippen molar-refractivity contribution in [3.05, 3.63) is 22.5 Å². The average Bonchev–Trinajstić information content (AvgIpc) is 2.29. The van der Waals surface area contributed by atoms with Crippen molar-refractivity contribution in [1.82, 2.24) is 9.97 Å². The maximum atomic E-state index is 10.3. The van der Waals surface area contributed by atoms with Gasteiger partial charge in [0, 0.05) is 6.54 Å². The number of aromatic nitrogens is 2. The molecule has 0 bridgehead atoms. The molecule has 0 aliphatic rings. The first-order valence-electron chi connectivity index (χ1n) is 4.66. The molecule has 0 aromatic carbocycles. The van der Waals surface area contributed by atoms with Crippen molar-refractivity contribution < 1.29 is 14.5 Å². The van der Waals surface area contributed by atoms with Gasteiger partial charge in [0.15, 0.2) is 0 Å². The van der Waals surface area contributed by atoms with Gasteiger partial charge in [-0.3, -0.25) is 14.9 Å². The summed E-state index contributed by atoms with van der Waals surface area (Å²) in [6.07, 6.45) is 2.19. The molecule has 1 rings (SSSR count). The van der Waals surface area contributed by atoms with Crippen LogP contribution in [0, 0.1) is 10.1 Å². The second kappa shape index (κ2) is 6.33. The van der Waals surface area contributed by atoms with E-state index in [4.69, 9.17) is 10.5 Å². The molecular weight excluding hydrogens is 230 g/mol. The number of amides is 1. The minimum Gasteiger partial charge on any atom is -0.370 e. The number of hydrogen-bond acceptors (Lipinski definition) is 7. The molecule has 0 spiro atoms. The molecule has 0 atom stereocenters. The molecule has 1 aromatic heterocycles. The summed E-state index contributed by atoms with van der Waals surface area (Å²) >= 11 is 0. The minimum atomic E-state index is -0.584. The number of nitrogens with two attached hydrogens (primary N) is 1. The number of nitro groups is 1. The fourth-order valence-corrected chi connectivity index (χ4v) is 0.915. The van der Waals surface area contributed by atoms with Crippen LogP contribution in [0.1, 0.15) is 0 Å². The van der Waals surface area contributed by atoms with E-state index in [-0.39, 0.29) is 24.8 Å². The van der Waals surface area contributed by atoms with E-state index >= 15 is 0 Å². The van der Waals surface area contributed by atoms with Crippen LogP contribution >= 0.6 is 0 Å². The fourth-order valence-electron chi connectivity index (χ4n) is 0.915. The van der Waals surface area contributed by atoms with E-state index in [0.29, 0.717) is 6.54 Å². The zero-order chi connectivity index (χ0) is 12.7. The standard InChI is InChI=1S/C8H11N5O4/c9-7(14)5-17-2-1-10-8-11-3-6(4-12-8)13(15)16/h3-4H,1-2,5H2,(H2,9,14)(H,10,11,12). The highest BCUT2D eigenvalue weighted by atomic mass is 16.6. The van der Waals surface area contributed by atoms with Crippen LogP contribution in [0.2, 0.25) is 0 Å². The van der Waals surface area contributed by atoms with E-state index in [2.05, 4.69) is 15.3 Å². The van der Waals surface area contributed by atoms with Gasteiger partial charge in [0.05, 0.1) is 11.5 Å². The molecule has 0 aliphatic carbocycles. The molecule has 1 amide bonds. The number of anilines is 1. The van der Waals surface area contributed by atoms with E-state index < -0.39 is 10.8 Å². The summed E-state index contributed by atoms with van der Waals surface area (Å²) in [5, 5.41) is 13.1. The molecule has 0 fully saturated rings. The number of rotatable bonds is 7. The van der Waals surface area contributed by atoms with Crippen molar-refractivity contribution in [2.75, 3.05) is 25.1 Å². The van der Waals surface area contributed by atoms with Gasteiger partial charge in [0.2, 0.25) is 11.9 Å². The number of nitrogens with one attached hydrogen (secondary N) is 1. The van der Waals surface area contributed by atoms with Gasteiger partial charge in [0.25, 0.3) is 0 Å². The molecule has 0 saturated heterocycles. The Morgan fingerprint density at radius 2 is 2.18 bits per heavy atom. The number of hydrogen-bond donors (Lipinski definition) is 2. The van der Waals surface area contributed by atoms with Crippen LogP contribution in [0.5, 0.6) is 0 Å². The molecule has 0 saturated carbocycles. The summed E-state index contributed by atoms with van der Waals surface area (Å²) in [7, 11) is 0. The van der Waals surface area contributed by atoms with Crippen LogP contribution in [0.4, 0.5) is 11.6 Å². The lowest BCUT2D eigenvalue weighted by Gasteiger charge is -2.03. The average molecular weight is 241 g/mol. The topological polar surface area (TPSA) is 133 Å². The molecule has 0 aliphatic heterocycles. The molecule has 17 heavy (non-hydrogen) atoms. The smallest absolute Gasteiger partial charge is 0.305 e. The second-order valence-corrected chi connectivity index (χ2v) is 2.97. The third-order valence-electron chi connectivity index (χ3n) is 1.62. The molecular formula is C8H11N5O4. The summed E-state index contributed by atoms with van der Waals surface area (Å²) < 4.78 is 4.88. The van der Waals surface area contributed by atoms with Gasteiger partial charge in [-0.15, -0.1) is 0 Å². The van der Waals surface area contributed by atoms with Crippen LogP contribution in [0.25, 0.3) is 0 Å². The first kappa shape index (κ1) is 12.8. The number of primary amides is 1. The van der Waals surface area contributed by atoms with Gasteiger partial charge < -0.3 is 15.8 Å². The maximum absolute atomic E-state index is 10.3. The predicted octanol–water partition coefficient (Wildman–Crippen LogP) is -0.701. The van der Waals surface area contributed by atoms with Crippen molar-refractivity contribution in [3.8, 4) is 0 Å². The van der Waals surface area contributed by atoms with Crippen molar-refractivity contribution in [2.24, 2.45) is 5.73 Å². The van der Waals surface area contributed by atoms with E-state index in [9.17, 15) is 14.9 Å². The van der Waals surface area contributed by atoms with Crippen LogP contribution < -0.4 is 11.1 Å². The van der Waals surface area contributed by atoms with Gasteiger partial charge in [0.1, 0.15) is 19.0 Å². The van der Waals surface area contributed by atoms with E-state index in [0.717, 1.165) is 12.4 Å². The normalized spacial score (nSPS) is 9.88. The third-order valence-corrected chi connectivity index (χ3v) is 1.62. The predicted molar refractivity (Wildman–Crippen MR) is 57.2 cm³/mol. The third kappa shape index (κ3) is 4.84. The first-order chi connectivity index (χ1) is 8.09. The van der Waals surface area contributed by atoms with Crippen molar-refractivity contribution in [2.45, 2.75) is 0 Å². The van der Waals surface area contributed by atoms with Crippen LogP contribution in [-0.2, 0) is 9.53 Å².